The van der Waals surface area contributed by atoms with E-state index in [0.717, 1.165) is 31.0 Å². The fraction of sp³-hybridized carbons (Fsp3) is 0.714. The molecule has 0 amide bonds. The second-order valence-electron chi connectivity index (χ2n) is 5.38. The number of aliphatic hydroxyl groups is 1. The molecule has 7 nitrogen and oxygen atoms in total. The van der Waals surface area contributed by atoms with Crippen LogP contribution in [0.2, 0.25) is 0 Å². The van der Waals surface area contributed by atoms with E-state index in [4.69, 9.17) is 9.47 Å². The van der Waals surface area contributed by atoms with E-state index in [-0.39, 0.29) is 18.8 Å². The van der Waals surface area contributed by atoms with E-state index in [2.05, 4.69) is 20.2 Å². The Morgan fingerprint density at radius 3 is 3.14 bits per heavy atom. The van der Waals surface area contributed by atoms with Crippen molar-refractivity contribution < 1.29 is 14.6 Å². The maximum absolute atomic E-state index is 9.41. The molecule has 21 heavy (non-hydrogen) atoms. The third-order valence-corrected chi connectivity index (χ3v) is 3.93. The number of hydrogen-bond donors (Lipinski definition) is 2. The van der Waals surface area contributed by atoms with Gasteiger partial charge in [0.05, 0.1) is 38.6 Å². The van der Waals surface area contributed by atoms with Gasteiger partial charge in [-0.2, -0.15) is 0 Å². The van der Waals surface area contributed by atoms with Crippen molar-refractivity contribution in [3.05, 3.63) is 12.4 Å². The van der Waals surface area contributed by atoms with Gasteiger partial charge in [-0.1, -0.05) is 0 Å². The maximum atomic E-state index is 9.41. The molecule has 2 aliphatic rings. The van der Waals surface area contributed by atoms with Crippen molar-refractivity contribution in [2.45, 2.75) is 25.0 Å². The Balaban J connectivity index is 1.60. The molecule has 1 aromatic rings. The summed E-state index contributed by atoms with van der Waals surface area (Å²) in [5.74, 6) is 1.64. The number of rotatable bonds is 5. The fourth-order valence-electron chi connectivity index (χ4n) is 2.80. The standard InChI is InChI=1S/C14H22N4O3/c19-8-11-2-1-3-18(11)14-6-13(16-10-17-14)15-7-12-9-20-4-5-21-12/h6,10-12,19H,1-5,7-9H2,(H,15,16,17). The van der Waals surface area contributed by atoms with Gasteiger partial charge in [-0.25, -0.2) is 9.97 Å². The molecule has 7 heteroatoms. The molecule has 3 rings (SSSR count). The molecule has 2 unspecified atom stereocenters. The van der Waals surface area contributed by atoms with Crippen molar-refractivity contribution in [2.75, 3.05) is 49.7 Å². The Morgan fingerprint density at radius 1 is 1.38 bits per heavy atom. The topological polar surface area (TPSA) is 79.7 Å². The summed E-state index contributed by atoms with van der Waals surface area (Å²) in [4.78, 5) is 10.7. The number of aromatic nitrogens is 2. The van der Waals surface area contributed by atoms with Crippen LogP contribution >= 0.6 is 0 Å². The largest absolute Gasteiger partial charge is 0.394 e. The smallest absolute Gasteiger partial charge is 0.134 e. The first kappa shape index (κ1) is 14.5. The molecule has 0 radical (unpaired) electrons. The highest BCUT2D eigenvalue weighted by Gasteiger charge is 2.25. The first-order valence-electron chi connectivity index (χ1n) is 7.49. The highest BCUT2D eigenvalue weighted by atomic mass is 16.6. The molecule has 3 heterocycles. The molecule has 0 bridgehead atoms. The summed E-state index contributed by atoms with van der Waals surface area (Å²) in [5, 5.41) is 12.7. The number of nitrogens with one attached hydrogen (secondary N) is 1. The van der Waals surface area contributed by atoms with E-state index in [0.29, 0.717) is 26.4 Å². The van der Waals surface area contributed by atoms with Gasteiger partial charge in [-0.05, 0) is 12.8 Å². The number of ether oxygens (including phenoxy) is 2. The Labute approximate surface area is 124 Å². The van der Waals surface area contributed by atoms with Crippen molar-refractivity contribution in [3.8, 4) is 0 Å². The first-order chi connectivity index (χ1) is 10.4. The lowest BCUT2D eigenvalue weighted by Gasteiger charge is -2.25. The van der Waals surface area contributed by atoms with Crippen LogP contribution in [0.15, 0.2) is 12.4 Å². The molecule has 0 saturated carbocycles. The van der Waals surface area contributed by atoms with Gasteiger partial charge >= 0.3 is 0 Å². The normalized spacial score (nSPS) is 26.0. The monoisotopic (exact) mass is 294 g/mol. The molecule has 2 atom stereocenters. The average Bonchev–Trinajstić information content (AvgIpc) is 3.03. The van der Waals surface area contributed by atoms with Gasteiger partial charge in [0.2, 0.25) is 0 Å². The van der Waals surface area contributed by atoms with Crippen molar-refractivity contribution >= 4 is 11.6 Å². The third kappa shape index (κ3) is 3.61. The minimum absolute atomic E-state index is 0.0640. The quantitative estimate of drug-likeness (QED) is 0.806. The van der Waals surface area contributed by atoms with Gasteiger partial charge < -0.3 is 24.8 Å². The average molecular weight is 294 g/mol. The van der Waals surface area contributed by atoms with Crippen LogP contribution in [0.5, 0.6) is 0 Å². The van der Waals surface area contributed by atoms with Crippen LogP contribution in [0.4, 0.5) is 11.6 Å². The van der Waals surface area contributed by atoms with Crippen LogP contribution in [0.1, 0.15) is 12.8 Å². The van der Waals surface area contributed by atoms with Crippen molar-refractivity contribution in [2.24, 2.45) is 0 Å². The van der Waals surface area contributed by atoms with Gasteiger partial charge in [0.1, 0.15) is 18.0 Å². The molecule has 1 aromatic heterocycles. The third-order valence-electron chi connectivity index (χ3n) is 3.93. The van der Waals surface area contributed by atoms with E-state index in [1.807, 2.05) is 6.07 Å². The van der Waals surface area contributed by atoms with Crippen LogP contribution in [0, 0.1) is 0 Å². The summed E-state index contributed by atoms with van der Waals surface area (Å²) in [5.41, 5.74) is 0. The molecular weight excluding hydrogens is 272 g/mol. The Hall–Kier alpha value is -1.44. The number of nitrogens with zero attached hydrogens (tertiary/aromatic N) is 3. The van der Waals surface area contributed by atoms with Gasteiger partial charge in [-0.15, -0.1) is 0 Å². The van der Waals surface area contributed by atoms with Gasteiger partial charge in [0, 0.05) is 19.2 Å². The SMILES string of the molecule is OCC1CCCN1c1cc(NCC2COCCO2)ncn1. The van der Waals surface area contributed by atoms with Crippen LogP contribution in [0.3, 0.4) is 0 Å². The molecule has 2 saturated heterocycles. The predicted molar refractivity (Wildman–Crippen MR) is 78.5 cm³/mol. The Morgan fingerprint density at radius 2 is 2.33 bits per heavy atom. The highest BCUT2D eigenvalue weighted by molar-refractivity contribution is 5.49. The van der Waals surface area contributed by atoms with Gasteiger partial charge in [0.25, 0.3) is 0 Å². The summed E-state index contributed by atoms with van der Waals surface area (Å²) in [6.07, 6.45) is 3.72. The lowest BCUT2D eigenvalue weighted by molar-refractivity contribution is -0.0819. The first-order valence-corrected chi connectivity index (χ1v) is 7.49. The highest BCUT2D eigenvalue weighted by Crippen LogP contribution is 2.24. The summed E-state index contributed by atoms with van der Waals surface area (Å²) in [7, 11) is 0. The second-order valence-corrected chi connectivity index (χ2v) is 5.38. The summed E-state index contributed by atoms with van der Waals surface area (Å²) in [6.45, 7) is 3.70. The summed E-state index contributed by atoms with van der Waals surface area (Å²) < 4.78 is 11.0. The summed E-state index contributed by atoms with van der Waals surface area (Å²) in [6, 6.07) is 2.10. The van der Waals surface area contributed by atoms with Crippen molar-refractivity contribution in [1.29, 1.82) is 0 Å². The van der Waals surface area contributed by atoms with Gasteiger partial charge in [0.15, 0.2) is 0 Å². The molecular formula is C14H22N4O3. The zero-order valence-electron chi connectivity index (χ0n) is 12.1. The molecule has 0 aliphatic carbocycles. The van der Waals surface area contributed by atoms with Crippen LogP contribution in [-0.4, -0.2) is 66.7 Å². The molecule has 2 aliphatic heterocycles. The van der Waals surface area contributed by atoms with E-state index >= 15 is 0 Å². The van der Waals surface area contributed by atoms with Crippen molar-refractivity contribution in [1.82, 2.24) is 9.97 Å². The predicted octanol–water partition coefficient (Wildman–Crippen LogP) is 0.265. The zero-order chi connectivity index (χ0) is 14.5. The minimum Gasteiger partial charge on any atom is -0.394 e. The van der Waals surface area contributed by atoms with Crippen LogP contribution in [-0.2, 0) is 9.47 Å². The molecule has 0 aromatic carbocycles. The Bertz CT molecular complexity index is 454. The lowest BCUT2D eigenvalue weighted by atomic mass is 10.2. The molecule has 0 spiro atoms. The summed E-state index contributed by atoms with van der Waals surface area (Å²) >= 11 is 0. The number of aliphatic hydroxyl groups excluding tert-OH is 1. The van der Waals surface area contributed by atoms with Crippen LogP contribution < -0.4 is 10.2 Å². The second kappa shape index (κ2) is 7.02. The zero-order valence-corrected chi connectivity index (χ0v) is 12.1. The van der Waals surface area contributed by atoms with E-state index in [9.17, 15) is 5.11 Å². The van der Waals surface area contributed by atoms with Gasteiger partial charge in [-0.3, -0.25) is 0 Å². The number of anilines is 2. The molecule has 2 fully saturated rings. The van der Waals surface area contributed by atoms with Crippen LogP contribution in [0.25, 0.3) is 0 Å². The molecule has 2 N–H and O–H groups in total. The number of hydrogen-bond acceptors (Lipinski definition) is 7. The fourth-order valence-corrected chi connectivity index (χ4v) is 2.80. The lowest BCUT2D eigenvalue weighted by Crippen LogP contribution is -2.34. The Kier molecular flexibility index (Phi) is 4.84. The van der Waals surface area contributed by atoms with Crippen molar-refractivity contribution in [3.63, 3.8) is 0 Å². The van der Waals surface area contributed by atoms with E-state index in [1.54, 1.807) is 6.33 Å². The minimum atomic E-state index is 0.0640. The van der Waals surface area contributed by atoms with E-state index < -0.39 is 0 Å². The molecule has 116 valence electrons. The van der Waals surface area contributed by atoms with E-state index in [1.165, 1.54) is 0 Å². The maximum Gasteiger partial charge on any atom is 0.134 e.